The zero-order valence-electron chi connectivity index (χ0n) is 17.7. The molecule has 0 radical (unpaired) electrons. The highest BCUT2D eigenvalue weighted by Crippen LogP contribution is 2.55. The van der Waals surface area contributed by atoms with Crippen molar-refractivity contribution in [2.24, 2.45) is 5.92 Å². The van der Waals surface area contributed by atoms with Crippen LogP contribution in [-0.4, -0.2) is 54.7 Å². The van der Waals surface area contributed by atoms with Gasteiger partial charge in [0.1, 0.15) is 5.75 Å². The SMILES string of the molecule is CCOCCNc1cc2c(cc1O)[C@]13CCCC[C@@H]1[C@H](C2)NCC3.O=C(O)C(F)(F)F. The van der Waals surface area contributed by atoms with E-state index in [1.807, 2.05) is 6.92 Å². The van der Waals surface area contributed by atoms with Crippen molar-refractivity contribution in [2.45, 2.75) is 63.1 Å². The van der Waals surface area contributed by atoms with Gasteiger partial charge >= 0.3 is 12.1 Å². The van der Waals surface area contributed by atoms with Crippen LogP contribution in [0.15, 0.2) is 12.1 Å². The predicted octanol–water partition coefficient (Wildman–Crippen LogP) is 3.82. The van der Waals surface area contributed by atoms with E-state index in [0.717, 1.165) is 37.7 Å². The van der Waals surface area contributed by atoms with E-state index in [2.05, 4.69) is 22.8 Å². The number of aromatic hydroxyl groups is 1. The molecule has 4 rings (SSSR count). The Morgan fingerprint density at radius 3 is 2.74 bits per heavy atom. The number of anilines is 1. The Hall–Kier alpha value is -2.00. The summed E-state index contributed by atoms with van der Waals surface area (Å²) in [6.07, 6.45) is 2.56. The van der Waals surface area contributed by atoms with Gasteiger partial charge in [-0.1, -0.05) is 12.8 Å². The maximum atomic E-state index is 10.6. The normalized spacial score (nSPS) is 26.7. The molecule has 1 aromatic carbocycles. The van der Waals surface area contributed by atoms with E-state index in [4.69, 9.17) is 14.6 Å². The number of benzene rings is 1. The summed E-state index contributed by atoms with van der Waals surface area (Å²) in [4.78, 5) is 8.90. The topological polar surface area (TPSA) is 90.8 Å². The van der Waals surface area contributed by atoms with Crippen molar-refractivity contribution in [3.05, 3.63) is 23.3 Å². The van der Waals surface area contributed by atoms with Crippen LogP contribution in [0, 0.1) is 5.92 Å². The summed E-state index contributed by atoms with van der Waals surface area (Å²) in [5.74, 6) is -1.60. The Balaban J connectivity index is 0.000000339. The Labute approximate surface area is 180 Å². The van der Waals surface area contributed by atoms with E-state index in [9.17, 15) is 18.3 Å². The lowest BCUT2D eigenvalue weighted by atomic mass is 9.53. The zero-order valence-corrected chi connectivity index (χ0v) is 17.7. The van der Waals surface area contributed by atoms with E-state index < -0.39 is 12.1 Å². The number of phenols is 1. The number of carbonyl (C=O) groups is 1. The first-order chi connectivity index (χ1) is 14.7. The number of hydrogen-bond acceptors (Lipinski definition) is 5. The second-order valence-electron chi connectivity index (χ2n) is 8.48. The van der Waals surface area contributed by atoms with Crippen molar-refractivity contribution in [1.82, 2.24) is 5.32 Å². The molecule has 2 fully saturated rings. The number of ether oxygens (including phenoxy) is 1. The predicted molar refractivity (Wildman–Crippen MR) is 111 cm³/mol. The monoisotopic (exact) mass is 444 g/mol. The third-order valence-electron chi connectivity index (χ3n) is 6.77. The molecule has 0 aromatic heterocycles. The van der Waals surface area contributed by atoms with Gasteiger partial charge in [0.2, 0.25) is 0 Å². The first kappa shape index (κ1) is 23.7. The van der Waals surface area contributed by atoms with Gasteiger partial charge in [-0.25, -0.2) is 4.79 Å². The molecule has 0 unspecified atom stereocenters. The van der Waals surface area contributed by atoms with Crippen molar-refractivity contribution < 1.29 is 32.9 Å². The molecule has 1 heterocycles. The molecule has 0 amide bonds. The van der Waals surface area contributed by atoms with Crippen molar-refractivity contribution in [1.29, 1.82) is 0 Å². The second kappa shape index (κ2) is 9.65. The highest BCUT2D eigenvalue weighted by molar-refractivity contribution is 5.73. The lowest BCUT2D eigenvalue weighted by Crippen LogP contribution is -2.59. The molecule has 0 spiro atoms. The Kier molecular flexibility index (Phi) is 7.36. The van der Waals surface area contributed by atoms with Crippen LogP contribution < -0.4 is 10.6 Å². The maximum absolute atomic E-state index is 10.6. The molecule has 6 nitrogen and oxygen atoms in total. The van der Waals surface area contributed by atoms with Gasteiger partial charge in [-0.2, -0.15) is 13.2 Å². The van der Waals surface area contributed by atoms with Crippen molar-refractivity contribution in [3.63, 3.8) is 0 Å². The average molecular weight is 444 g/mol. The summed E-state index contributed by atoms with van der Waals surface area (Å²) < 4.78 is 37.1. The van der Waals surface area contributed by atoms with Gasteiger partial charge < -0.3 is 25.6 Å². The van der Waals surface area contributed by atoms with E-state index >= 15 is 0 Å². The van der Waals surface area contributed by atoms with E-state index in [0.29, 0.717) is 23.8 Å². The summed E-state index contributed by atoms with van der Waals surface area (Å²) in [5, 5.41) is 24.8. The summed E-state index contributed by atoms with van der Waals surface area (Å²) in [6.45, 7) is 5.26. The number of rotatable bonds is 5. The van der Waals surface area contributed by atoms with Gasteiger partial charge in [0.15, 0.2) is 0 Å². The minimum Gasteiger partial charge on any atom is -0.506 e. The molecule has 2 bridgehead atoms. The number of fused-ring (bicyclic) bond motifs is 1. The van der Waals surface area contributed by atoms with Crippen LogP contribution in [0.4, 0.5) is 18.9 Å². The minimum absolute atomic E-state index is 0.309. The van der Waals surface area contributed by atoms with Crippen LogP contribution >= 0.6 is 0 Å². The molecular formula is C22H31F3N2O4. The van der Waals surface area contributed by atoms with Gasteiger partial charge in [0.25, 0.3) is 0 Å². The number of halogens is 3. The number of carboxylic acids is 1. The fourth-order valence-electron chi connectivity index (χ4n) is 5.52. The molecule has 1 aromatic rings. The lowest BCUT2D eigenvalue weighted by molar-refractivity contribution is -0.192. The van der Waals surface area contributed by atoms with Gasteiger partial charge in [-0.3, -0.25) is 0 Å². The summed E-state index contributed by atoms with van der Waals surface area (Å²) >= 11 is 0. The number of piperidine rings is 1. The number of alkyl halides is 3. The quantitative estimate of drug-likeness (QED) is 0.408. The number of carboxylic acid groups (broad SMARTS) is 1. The molecule has 1 aliphatic heterocycles. The first-order valence-corrected chi connectivity index (χ1v) is 10.9. The average Bonchev–Trinajstić information content (AvgIpc) is 2.72. The highest BCUT2D eigenvalue weighted by atomic mass is 19.4. The van der Waals surface area contributed by atoms with Crippen LogP contribution in [0.3, 0.4) is 0 Å². The summed E-state index contributed by atoms with van der Waals surface area (Å²) in [6, 6.07) is 4.90. The Morgan fingerprint density at radius 1 is 1.32 bits per heavy atom. The zero-order chi connectivity index (χ0) is 22.6. The minimum atomic E-state index is -5.08. The van der Waals surface area contributed by atoms with E-state index in [-0.39, 0.29) is 0 Å². The van der Waals surface area contributed by atoms with E-state index in [1.54, 1.807) is 0 Å². The Morgan fingerprint density at radius 2 is 2.06 bits per heavy atom. The van der Waals surface area contributed by atoms with Gasteiger partial charge in [0.05, 0.1) is 12.3 Å². The first-order valence-electron chi connectivity index (χ1n) is 10.9. The maximum Gasteiger partial charge on any atom is 0.490 e. The van der Waals surface area contributed by atoms with Gasteiger partial charge in [-0.05, 0) is 68.3 Å². The Bertz CT molecular complexity index is 783. The number of phenolic OH excluding ortho intramolecular Hbond substituents is 1. The van der Waals surface area contributed by atoms with Crippen LogP contribution in [0.1, 0.15) is 50.2 Å². The van der Waals surface area contributed by atoms with Crippen molar-refractivity contribution in [3.8, 4) is 5.75 Å². The molecular weight excluding hydrogens is 413 g/mol. The molecule has 4 N–H and O–H groups in total. The van der Waals surface area contributed by atoms with Crippen LogP contribution in [-0.2, 0) is 21.4 Å². The fraction of sp³-hybridized carbons (Fsp3) is 0.682. The highest BCUT2D eigenvalue weighted by Gasteiger charge is 2.51. The molecule has 1 saturated heterocycles. The van der Waals surface area contributed by atoms with Crippen molar-refractivity contribution in [2.75, 3.05) is 31.6 Å². The van der Waals surface area contributed by atoms with E-state index in [1.165, 1.54) is 43.2 Å². The molecule has 3 atom stereocenters. The van der Waals surface area contributed by atoms with Crippen LogP contribution in [0.5, 0.6) is 5.75 Å². The second-order valence-corrected chi connectivity index (χ2v) is 8.48. The molecule has 3 aliphatic rings. The largest absolute Gasteiger partial charge is 0.506 e. The van der Waals surface area contributed by atoms with Gasteiger partial charge in [0, 0.05) is 24.6 Å². The van der Waals surface area contributed by atoms with Crippen LogP contribution in [0.25, 0.3) is 0 Å². The molecule has 1 saturated carbocycles. The third-order valence-corrected chi connectivity index (χ3v) is 6.77. The lowest BCUT2D eigenvalue weighted by Gasteiger charge is -2.56. The summed E-state index contributed by atoms with van der Waals surface area (Å²) in [5.41, 5.74) is 4.04. The number of nitrogens with one attached hydrogen (secondary N) is 2. The smallest absolute Gasteiger partial charge is 0.490 e. The number of aliphatic carboxylic acids is 1. The third kappa shape index (κ3) is 5.09. The summed E-state index contributed by atoms with van der Waals surface area (Å²) in [7, 11) is 0. The van der Waals surface area contributed by atoms with Crippen molar-refractivity contribution >= 4 is 11.7 Å². The standard InChI is InChI=1S/C20H30N2O2.C2HF3O2/c1-2-24-10-9-22-18-12-14-11-17-15-5-3-4-6-20(15,7-8-21-17)16(14)13-19(18)23;3-2(4,5)1(6)7/h12-13,15,17,21-23H,2-11H2,1H3;(H,6,7)/t15-,17+,20+;/m1./s1. The molecule has 174 valence electrons. The molecule has 2 aliphatic carbocycles. The molecule has 9 heteroatoms. The number of hydrogen-bond donors (Lipinski definition) is 4. The van der Waals surface area contributed by atoms with Gasteiger partial charge in [-0.15, -0.1) is 0 Å². The fourth-order valence-corrected chi connectivity index (χ4v) is 5.52. The molecule has 31 heavy (non-hydrogen) atoms. The van der Waals surface area contributed by atoms with Crippen LogP contribution in [0.2, 0.25) is 0 Å².